The maximum absolute atomic E-state index is 12.2. The van der Waals surface area contributed by atoms with Gasteiger partial charge in [-0.05, 0) is 13.3 Å². The molecule has 0 aliphatic heterocycles. The smallest absolute Gasteiger partial charge is 0.273 e. The SMILES string of the molecule is COCC[C@H](C)n1cc(C(=O)NCc2nnc(-c3ccccc3)s2)nn1. The Morgan fingerprint density at radius 1 is 1.27 bits per heavy atom. The van der Waals surface area contributed by atoms with Gasteiger partial charge in [0.25, 0.3) is 5.91 Å². The van der Waals surface area contributed by atoms with Crippen LogP contribution in [0.15, 0.2) is 36.5 Å². The van der Waals surface area contributed by atoms with E-state index in [-0.39, 0.29) is 17.6 Å². The number of nitrogens with zero attached hydrogens (tertiary/aromatic N) is 5. The molecule has 0 aliphatic carbocycles. The molecule has 3 aromatic rings. The standard InChI is InChI=1S/C17H20N6O2S/c1-12(8-9-25-2)23-11-14(19-22-23)16(24)18-10-15-20-21-17(26-15)13-6-4-3-5-7-13/h3-7,11-12H,8-10H2,1-2H3,(H,18,24)/t12-/m0/s1. The van der Waals surface area contributed by atoms with E-state index in [1.165, 1.54) is 11.3 Å². The van der Waals surface area contributed by atoms with E-state index in [1.807, 2.05) is 37.3 Å². The predicted molar refractivity (Wildman–Crippen MR) is 97.7 cm³/mol. The van der Waals surface area contributed by atoms with Gasteiger partial charge in [-0.15, -0.1) is 15.3 Å². The number of hydrogen-bond acceptors (Lipinski definition) is 7. The van der Waals surface area contributed by atoms with Gasteiger partial charge in [0.1, 0.15) is 10.0 Å². The van der Waals surface area contributed by atoms with Crippen LogP contribution in [0.25, 0.3) is 10.6 Å². The average molecular weight is 372 g/mol. The molecule has 3 rings (SSSR count). The maximum Gasteiger partial charge on any atom is 0.273 e. The van der Waals surface area contributed by atoms with Gasteiger partial charge in [-0.2, -0.15) is 0 Å². The Hall–Kier alpha value is -2.65. The summed E-state index contributed by atoms with van der Waals surface area (Å²) in [5.74, 6) is -0.286. The van der Waals surface area contributed by atoms with Crippen LogP contribution in [-0.4, -0.2) is 44.8 Å². The van der Waals surface area contributed by atoms with Crippen molar-refractivity contribution in [2.75, 3.05) is 13.7 Å². The number of carbonyl (C=O) groups excluding carboxylic acids is 1. The number of aromatic nitrogens is 5. The molecule has 2 aromatic heterocycles. The summed E-state index contributed by atoms with van der Waals surface area (Å²) in [4.78, 5) is 12.2. The van der Waals surface area contributed by atoms with Gasteiger partial charge in [0.15, 0.2) is 5.69 Å². The van der Waals surface area contributed by atoms with Gasteiger partial charge in [-0.1, -0.05) is 46.9 Å². The molecule has 0 spiro atoms. The first-order valence-electron chi connectivity index (χ1n) is 8.24. The van der Waals surface area contributed by atoms with Crippen molar-refractivity contribution in [2.45, 2.75) is 25.9 Å². The molecule has 0 radical (unpaired) electrons. The van der Waals surface area contributed by atoms with Gasteiger partial charge in [0.05, 0.1) is 18.8 Å². The maximum atomic E-state index is 12.2. The normalized spacial score (nSPS) is 12.1. The monoisotopic (exact) mass is 372 g/mol. The van der Waals surface area contributed by atoms with E-state index in [0.29, 0.717) is 13.2 Å². The van der Waals surface area contributed by atoms with Crippen LogP contribution in [-0.2, 0) is 11.3 Å². The third kappa shape index (κ3) is 4.50. The minimum absolute atomic E-state index is 0.112. The lowest BCUT2D eigenvalue weighted by atomic mass is 10.2. The average Bonchev–Trinajstić information content (AvgIpc) is 3.34. The number of rotatable bonds is 8. The molecule has 1 aromatic carbocycles. The van der Waals surface area contributed by atoms with Crippen LogP contribution in [0.4, 0.5) is 0 Å². The molecular formula is C17H20N6O2S. The minimum Gasteiger partial charge on any atom is -0.385 e. The molecule has 0 saturated carbocycles. The lowest BCUT2D eigenvalue weighted by Crippen LogP contribution is -2.23. The number of ether oxygens (including phenoxy) is 1. The summed E-state index contributed by atoms with van der Waals surface area (Å²) < 4.78 is 6.73. The van der Waals surface area contributed by atoms with E-state index in [9.17, 15) is 4.79 Å². The summed E-state index contributed by atoms with van der Waals surface area (Å²) in [6, 6.07) is 9.93. The number of amides is 1. The summed E-state index contributed by atoms with van der Waals surface area (Å²) in [5, 5.41) is 20.6. The van der Waals surface area contributed by atoms with Crippen molar-refractivity contribution in [1.29, 1.82) is 0 Å². The van der Waals surface area contributed by atoms with Crippen molar-refractivity contribution in [3.8, 4) is 10.6 Å². The van der Waals surface area contributed by atoms with Gasteiger partial charge in [-0.3, -0.25) is 4.79 Å². The fraction of sp³-hybridized carbons (Fsp3) is 0.353. The number of hydrogen-bond donors (Lipinski definition) is 1. The Kier molecular flexibility index (Phi) is 6.03. The molecule has 1 atom stereocenters. The van der Waals surface area contributed by atoms with E-state index < -0.39 is 0 Å². The minimum atomic E-state index is -0.286. The second-order valence-corrected chi connectivity index (χ2v) is 6.83. The van der Waals surface area contributed by atoms with Gasteiger partial charge in [0, 0.05) is 19.3 Å². The van der Waals surface area contributed by atoms with E-state index >= 15 is 0 Å². The summed E-state index contributed by atoms with van der Waals surface area (Å²) in [7, 11) is 1.66. The topological polar surface area (TPSA) is 94.8 Å². The highest BCUT2D eigenvalue weighted by atomic mass is 32.1. The van der Waals surface area contributed by atoms with E-state index in [0.717, 1.165) is 22.0 Å². The first-order chi connectivity index (χ1) is 12.7. The molecule has 1 amide bonds. The number of carbonyl (C=O) groups is 1. The quantitative estimate of drug-likeness (QED) is 0.652. The number of nitrogens with one attached hydrogen (secondary N) is 1. The first-order valence-corrected chi connectivity index (χ1v) is 9.06. The molecular weight excluding hydrogens is 352 g/mol. The van der Waals surface area contributed by atoms with Crippen LogP contribution >= 0.6 is 11.3 Å². The molecule has 0 bridgehead atoms. The predicted octanol–water partition coefficient (Wildman–Crippen LogP) is 2.32. The fourth-order valence-electron chi connectivity index (χ4n) is 2.29. The van der Waals surface area contributed by atoms with Crippen LogP contribution in [0.3, 0.4) is 0 Å². The molecule has 136 valence electrons. The Bertz CT molecular complexity index is 848. The molecule has 1 N–H and O–H groups in total. The van der Waals surface area contributed by atoms with Crippen molar-refractivity contribution in [2.24, 2.45) is 0 Å². The zero-order valence-electron chi connectivity index (χ0n) is 14.6. The highest BCUT2D eigenvalue weighted by Gasteiger charge is 2.14. The Morgan fingerprint density at radius 2 is 2.08 bits per heavy atom. The van der Waals surface area contributed by atoms with E-state index in [2.05, 4.69) is 25.8 Å². The van der Waals surface area contributed by atoms with Gasteiger partial charge >= 0.3 is 0 Å². The second kappa shape index (κ2) is 8.63. The molecule has 0 aliphatic rings. The Labute approximate surface area is 155 Å². The van der Waals surface area contributed by atoms with Crippen LogP contribution in [0, 0.1) is 0 Å². The highest BCUT2D eigenvalue weighted by Crippen LogP contribution is 2.22. The molecule has 26 heavy (non-hydrogen) atoms. The molecule has 2 heterocycles. The van der Waals surface area contributed by atoms with E-state index in [1.54, 1.807) is 18.0 Å². The largest absolute Gasteiger partial charge is 0.385 e. The van der Waals surface area contributed by atoms with Gasteiger partial charge in [-0.25, -0.2) is 4.68 Å². The van der Waals surface area contributed by atoms with E-state index in [4.69, 9.17) is 4.74 Å². The third-order valence-corrected chi connectivity index (χ3v) is 4.79. The van der Waals surface area contributed by atoms with Crippen LogP contribution in [0.1, 0.15) is 34.9 Å². The van der Waals surface area contributed by atoms with Gasteiger partial charge < -0.3 is 10.1 Å². The van der Waals surface area contributed by atoms with Crippen LogP contribution in [0.5, 0.6) is 0 Å². The molecule has 8 nitrogen and oxygen atoms in total. The summed E-state index contributed by atoms with van der Waals surface area (Å²) in [6.45, 7) is 2.93. The summed E-state index contributed by atoms with van der Waals surface area (Å²) in [5.41, 5.74) is 1.29. The number of benzene rings is 1. The zero-order valence-corrected chi connectivity index (χ0v) is 15.4. The van der Waals surface area contributed by atoms with Crippen LogP contribution < -0.4 is 5.32 Å². The second-order valence-electron chi connectivity index (χ2n) is 5.76. The lowest BCUT2D eigenvalue weighted by molar-refractivity contribution is 0.0945. The first kappa shape index (κ1) is 18.2. The van der Waals surface area contributed by atoms with Crippen LogP contribution in [0.2, 0.25) is 0 Å². The summed E-state index contributed by atoms with van der Waals surface area (Å²) >= 11 is 1.45. The third-order valence-electron chi connectivity index (χ3n) is 3.82. The molecule has 9 heteroatoms. The molecule has 0 saturated heterocycles. The fourth-order valence-corrected chi connectivity index (χ4v) is 3.07. The van der Waals surface area contributed by atoms with Crippen molar-refractivity contribution in [1.82, 2.24) is 30.5 Å². The van der Waals surface area contributed by atoms with Crippen molar-refractivity contribution in [3.05, 3.63) is 47.2 Å². The van der Waals surface area contributed by atoms with Gasteiger partial charge in [0.2, 0.25) is 0 Å². The molecule has 0 fully saturated rings. The zero-order chi connectivity index (χ0) is 18.4. The molecule has 0 unspecified atom stereocenters. The number of methoxy groups -OCH3 is 1. The van der Waals surface area contributed by atoms with Crippen molar-refractivity contribution in [3.63, 3.8) is 0 Å². The van der Waals surface area contributed by atoms with Crippen molar-refractivity contribution < 1.29 is 9.53 Å². The Morgan fingerprint density at radius 3 is 2.85 bits per heavy atom. The Balaban J connectivity index is 1.56. The lowest BCUT2D eigenvalue weighted by Gasteiger charge is -2.09. The highest BCUT2D eigenvalue weighted by molar-refractivity contribution is 7.14. The summed E-state index contributed by atoms with van der Waals surface area (Å²) in [6.07, 6.45) is 2.44. The van der Waals surface area contributed by atoms with Crippen molar-refractivity contribution >= 4 is 17.2 Å².